The fraction of sp³-hybridized carbons (Fsp3) is 0.316. The van der Waals surface area contributed by atoms with Gasteiger partial charge < -0.3 is 45.3 Å². The van der Waals surface area contributed by atoms with Crippen LogP contribution in [-0.2, 0) is 25.5 Å². The monoisotopic (exact) mass is 796 g/mol. The number of nitrogens with one attached hydrogen (secondary N) is 3. The van der Waals surface area contributed by atoms with Gasteiger partial charge >= 0.3 is 23.8 Å². The number of carboxylic acid groups (broad SMARTS) is 1. The molecule has 1 unspecified atom stereocenters. The van der Waals surface area contributed by atoms with E-state index in [0.717, 1.165) is 0 Å². The third-order valence-electron chi connectivity index (χ3n) is 10.7. The molecular formula is C38H37ClN10O8. The number of H-pyrrole nitrogens is 1. The summed E-state index contributed by atoms with van der Waals surface area (Å²) in [6, 6.07) is 16.5. The second-order valence-electron chi connectivity index (χ2n) is 14.3. The lowest BCUT2D eigenvalue weighted by molar-refractivity contribution is -0.149. The summed E-state index contributed by atoms with van der Waals surface area (Å²) in [7, 11) is 0. The van der Waals surface area contributed by atoms with Gasteiger partial charge in [0.2, 0.25) is 5.91 Å². The minimum Gasteiger partial charge on any atom is -0.477 e. The fourth-order valence-corrected chi connectivity index (χ4v) is 7.85. The van der Waals surface area contributed by atoms with E-state index in [1.54, 1.807) is 59.5 Å². The molecular weight excluding hydrogens is 760 g/mol. The zero-order chi connectivity index (χ0) is 39.8. The van der Waals surface area contributed by atoms with Crippen LogP contribution in [0.2, 0.25) is 5.02 Å². The van der Waals surface area contributed by atoms with Crippen molar-refractivity contribution in [2.24, 2.45) is 0 Å². The van der Waals surface area contributed by atoms with Crippen molar-refractivity contribution in [2.75, 3.05) is 48.3 Å². The number of aliphatic hydroxyl groups is 1. The number of aromatic amines is 1. The maximum Gasteiger partial charge on any atom is 0.352 e. The maximum atomic E-state index is 14.2. The average molecular weight is 797 g/mol. The van der Waals surface area contributed by atoms with Crippen molar-refractivity contribution in [1.82, 2.24) is 35.0 Å². The van der Waals surface area contributed by atoms with Crippen LogP contribution in [0.25, 0.3) is 16.6 Å². The van der Waals surface area contributed by atoms with Crippen LogP contribution in [0.1, 0.15) is 35.3 Å². The number of likely N-dealkylation sites (tertiary alicyclic amines) is 1. The number of carbonyl (C=O) groups excluding carboxylic acids is 4. The van der Waals surface area contributed by atoms with Gasteiger partial charge in [0.25, 0.3) is 0 Å². The van der Waals surface area contributed by atoms with Gasteiger partial charge in [-0.25, -0.2) is 9.59 Å². The minimum absolute atomic E-state index is 0.0142. The summed E-state index contributed by atoms with van der Waals surface area (Å²) in [4.78, 5) is 73.7. The van der Waals surface area contributed by atoms with E-state index in [9.17, 15) is 34.2 Å². The smallest absolute Gasteiger partial charge is 0.352 e. The number of benzene rings is 3. The number of hydrogen-bond donors (Lipinski definition) is 5. The molecule has 5 N–H and O–H groups in total. The van der Waals surface area contributed by atoms with E-state index in [1.165, 1.54) is 32.9 Å². The van der Waals surface area contributed by atoms with Crippen molar-refractivity contribution in [1.29, 1.82) is 0 Å². The molecule has 0 saturated carbocycles. The number of rotatable bonds is 9. The molecule has 294 valence electrons. The van der Waals surface area contributed by atoms with Gasteiger partial charge in [-0.15, -0.1) is 5.10 Å². The molecule has 3 aromatic carbocycles. The van der Waals surface area contributed by atoms with Crippen LogP contribution in [-0.4, -0.2) is 125 Å². The molecule has 8 rings (SSSR count). The van der Waals surface area contributed by atoms with Crippen molar-refractivity contribution in [3.63, 3.8) is 0 Å². The first-order valence-corrected chi connectivity index (χ1v) is 18.6. The van der Waals surface area contributed by atoms with Gasteiger partial charge in [-0.1, -0.05) is 23.7 Å². The Morgan fingerprint density at radius 2 is 1.70 bits per heavy atom. The molecule has 3 saturated heterocycles. The number of fused-ring (bicyclic) bond motifs is 1. The Bertz CT molecular complexity index is 2360. The number of carboxylic acids is 1. The largest absolute Gasteiger partial charge is 0.477 e. The zero-order valence-corrected chi connectivity index (χ0v) is 31.1. The molecule has 2 atom stereocenters. The second-order valence-corrected chi connectivity index (χ2v) is 14.7. The summed E-state index contributed by atoms with van der Waals surface area (Å²) in [5.41, 5.74) is 2.41. The van der Waals surface area contributed by atoms with Gasteiger partial charge in [0, 0.05) is 66.3 Å². The number of anilines is 3. The lowest BCUT2D eigenvalue weighted by Crippen LogP contribution is -2.60. The summed E-state index contributed by atoms with van der Waals surface area (Å²) in [5.74, 6) is -3.51. The summed E-state index contributed by atoms with van der Waals surface area (Å²) in [6.45, 7) is 1.29. The van der Waals surface area contributed by atoms with E-state index < -0.39 is 35.8 Å². The number of piperidine rings is 1. The zero-order valence-electron chi connectivity index (χ0n) is 30.3. The third-order valence-corrected chi connectivity index (χ3v) is 10.9. The molecule has 5 heterocycles. The lowest BCUT2D eigenvalue weighted by atomic mass is 9.88. The number of nitrogens with zero attached hydrogens (tertiary/aromatic N) is 7. The first kappa shape index (κ1) is 37.5. The third kappa shape index (κ3) is 7.74. The predicted octanol–water partition coefficient (Wildman–Crippen LogP) is 3.07. The number of piperazine rings is 1. The molecule has 3 fully saturated rings. The number of aliphatic hydroxyl groups excluding tert-OH is 1. The van der Waals surface area contributed by atoms with Gasteiger partial charge in [0.1, 0.15) is 18.1 Å². The molecule has 5 aromatic rings. The normalized spacial score (nSPS) is 18.6. The number of aromatic nitrogens is 5. The first-order valence-electron chi connectivity index (χ1n) is 18.2. The number of urea groups is 1. The molecule has 19 heteroatoms. The van der Waals surface area contributed by atoms with Gasteiger partial charge in [-0.2, -0.15) is 4.68 Å². The Labute approximate surface area is 329 Å². The van der Waals surface area contributed by atoms with E-state index in [4.69, 9.17) is 16.3 Å². The van der Waals surface area contributed by atoms with E-state index in [0.29, 0.717) is 83.2 Å². The molecule has 1 spiro atoms. The quantitative estimate of drug-likeness (QED) is 0.136. The number of hydrogen-bond acceptors (Lipinski definition) is 10. The average Bonchev–Trinajstić information content (AvgIpc) is 3.97. The number of halogens is 1. The number of carbonyl (C=O) groups is 5. The molecule has 0 aliphatic carbocycles. The topological polar surface area (TPSA) is 228 Å². The summed E-state index contributed by atoms with van der Waals surface area (Å²) >= 11 is 6.31. The first-order chi connectivity index (χ1) is 27.4. The number of tetrazole rings is 1. The summed E-state index contributed by atoms with van der Waals surface area (Å²) in [5, 5.41) is 37.2. The Balaban J connectivity index is 1.01. The van der Waals surface area contributed by atoms with Gasteiger partial charge in [-0.3, -0.25) is 14.4 Å². The maximum absolute atomic E-state index is 14.2. The number of ether oxygens (including phenoxy) is 1. The highest BCUT2D eigenvalue weighted by Gasteiger charge is 2.43. The van der Waals surface area contributed by atoms with Crippen LogP contribution < -0.4 is 15.5 Å². The Hall–Kier alpha value is -6.37. The highest BCUT2D eigenvalue weighted by molar-refractivity contribution is 6.41. The molecule has 18 nitrogen and oxygen atoms in total. The fourth-order valence-electron chi connectivity index (χ4n) is 7.69. The minimum atomic E-state index is -1.16. The predicted molar refractivity (Wildman–Crippen MR) is 205 cm³/mol. The van der Waals surface area contributed by atoms with Crippen LogP contribution in [0.4, 0.5) is 21.9 Å². The van der Waals surface area contributed by atoms with E-state index >= 15 is 0 Å². The van der Waals surface area contributed by atoms with E-state index in [1.807, 2.05) is 0 Å². The Morgan fingerprint density at radius 1 is 0.930 bits per heavy atom. The Morgan fingerprint density at radius 3 is 2.40 bits per heavy atom. The van der Waals surface area contributed by atoms with Crippen LogP contribution in [0.5, 0.6) is 0 Å². The lowest BCUT2D eigenvalue weighted by Gasteiger charge is -2.38. The van der Waals surface area contributed by atoms with E-state index in [2.05, 4.69) is 31.1 Å². The van der Waals surface area contributed by atoms with Gasteiger partial charge in [-0.05, 0) is 83.4 Å². The molecule has 0 radical (unpaired) electrons. The number of aromatic carboxylic acids is 1. The highest BCUT2D eigenvalue weighted by Crippen LogP contribution is 2.36. The standard InChI is InChI=1S/C38H37ClN10O8/c39-24-3-8-30(49-21-40-44-45-49)31(18-24)47-13-14-48(35(53)34(47)52)32(33(51)41-26-6-7-28-23(16-26)17-29(43-28)36(54)55)15-22-1-4-25(5-2-22)42-37(56)46-11-9-38(10-12-46)19-27(50)20-57-38/h1-8,16-18,21,27,32,43,50H,9-15,19-20H2,(H,41,51)(H,42,56)(H,54,55)/t27?,32-/m0/s1. The van der Waals surface area contributed by atoms with E-state index in [-0.39, 0.29) is 36.8 Å². The van der Waals surface area contributed by atoms with Crippen molar-refractivity contribution in [2.45, 2.75) is 43.4 Å². The molecule has 57 heavy (non-hydrogen) atoms. The van der Waals surface area contributed by atoms with Crippen LogP contribution in [0, 0.1) is 0 Å². The van der Waals surface area contributed by atoms with Gasteiger partial charge in [0.05, 0.1) is 29.7 Å². The summed E-state index contributed by atoms with van der Waals surface area (Å²) in [6.07, 6.45) is 2.72. The van der Waals surface area contributed by atoms with Crippen LogP contribution in [0.15, 0.2) is 73.1 Å². The van der Waals surface area contributed by atoms with Crippen molar-refractivity contribution < 1.29 is 38.9 Å². The Kier molecular flexibility index (Phi) is 10.1. The molecule has 3 aliphatic rings. The van der Waals surface area contributed by atoms with Crippen LogP contribution >= 0.6 is 11.6 Å². The molecule has 5 amide bonds. The van der Waals surface area contributed by atoms with Crippen molar-refractivity contribution >= 4 is 69.3 Å². The van der Waals surface area contributed by atoms with Gasteiger partial charge in [0.15, 0.2) is 0 Å². The van der Waals surface area contributed by atoms with Crippen molar-refractivity contribution in [3.05, 3.63) is 89.3 Å². The van der Waals surface area contributed by atoms with Crippen molar-refractivity contribution in [3.8, 4) is 5.69 Å². The summed E-state index contributed by atoms with van der Waals surface area (Å²) < 4.78 is 7.20. The van der Waals surface area contributed by atoms with Crippen LogP contribution in [0.3, 0.4) is 0 Å². The molecule has 3 aliphatic heterocycles. The second kappa shape index (κ2) is 15.3. The molecule has 2 aromatic heterocycles. The highest BCUT2D eigenvalue weighted by atomic mass is 35.5. The molecule has 0 bridgehead atoms. The SMILES string of the molecule is O=C(O)c1cc2cc(NC(=O)[C@H](Cc3ccc(NC(=O)N4CCC5(CC4)CC(O)CO5)cc3)N3CCN(c4cc(Cl)ccc4-n4cnnn4)C(=O)C3=O)ccc2[nH]1. The number of amides is 5.